The van der Waals surface area contributed by atoms with Gasteiger partial charge in [-0.15, -0.1) is 0 Å². The van der Waals surface area contributed by atoms with Crippen molar-refractivity contribution in [3.63, 3.8) is 0 Å². The number of benzene rings is 3. The molecule has 2 aliphatic rings. The van der Waals surface area contributed by atoms with Crippen molar-refractivity contribution >= 4 is 5.97 Å². The predicted molar refractivity (Wildman–Crippen MR) is 125 cm³/mol. The second-order valence-corrected chi connectivity index (χ2v) is 7.91. The molecule has 0 aliphatic carbocycles. The molecule has 0 radical (unpaired) electrons. The Labute approximate surface area is 202 Å². The Hall–Kier alpha value is -4.64. The normalized spacial score (nSPS) is 18.1. The number of fused-ring (bicyclic) bond motifs is 2. The number of hydrogen-bond donors (Lipinski definition) is 1. The summed E-state index contributed by atoms with van der Waals surface area (Å²) in [6.45, 7) is 2.51. The molecule has 2 unspecified atom stereocenters. The Morgan fingerprint density at radius 2 is 1.80 bits per heavy atom. The lowest BCUT2D eigenvalue weighted by molar-refractivity contribution is -0.144. The fourth-order valence-electron chi connectivity index (χ4n) is 4.08. The van der Waals surface area contributed by atoms with E-state index in [2.05, 4.69) is 6.07 Å². The maximum Gasteiger partial charge on any atom is 0.356 e. The van der Waals surface area contributed by atoms with Crippen LogP contribution >= 0.6 is 0 Å². The number of carbonyl (C=O) groups excluding carboxylic acids is 1. The van der Waals surface area contributed by atoms with E-state index < -0.39 is 18.0 Å². The minimum absolute atomic E-state index is 0.00276. The zero-order valence-corrected chi connectivity index (χ0v) is 18.9. The maximum absolute atomic E-state index is 12.7. The molecular formula is C27H22N2O6. The zero-order chi connectivity index (χ0) is 24.4. The summed E-state index contributed by atoms with van der Waals surface area (Å²) in [6.07, 6.45) is -0.909. The largest absolute Gasteiger partial charge is 0.494 e. The number of ether oxygens (including phenoxy) is 5. The summed E-state index contributed by atoms with van der Waals surface area (Å²) in [5, 5.41) is 9.76. The number of nitriles is 1. The van der Waals surface area contributed by atoms with Gasteiger partial charge in [0.05, 0.1) is 12.5 Å². The highest BCUT2D eigenvalue weighted by Gasteiger charge is 2.32. The standard InChI is InChI=1S/C27H22N2O6/c1-2-31-17-9-7-16(8-10-17)25-19-12-11-18(13-23(19)35-26(29)20(25)14-28)33-27(30)24-15-32-21-5-3-4-6-22(21)34-24/h3-13,24-25H,2,15,29H2,1H3. The first-order valence-corrected chi connectivity index (χ1v) is 11.1. The number of rotatable bonds is 5. The van der Waals surface area contributed by atoms with Gasteiger partial charge in [-0.2, -0.15) is 5.26 Å². The van der Waals surface area contributed by atoms with Gasteiger partial charge in [-0.1, -0.05) is 30.3 Å². The number of allylic oxidation sites excluding steroid dienone is 1. The molecule has 0 spiro atoms. The smallest absolute Gasteiger partial charge is 0.356 e. The van der Waals surface area contributed by atoms with Crippen LogP contribution in [-0.2, 0) is 4.79 Å². The lowest BCUT2D eigenvalue weighted by Crippen LogP contribution is -2.39. The first-order chi connectivity index (χ1) is 17.1. The molecule has 0 aromatic heterocycles. The Bertz CT molecular complexity index is 1340. The molecule has 2 atom stereocenters. The van der Waals surface area contributed by atoms with Gasteiger partial charge in [0, 0.05) is 11.6 Å². The fourth-order valence-corrected chi connectivity index (χ4v) is 4.08. The lowest BCUT2D eigenvalue weighted by atomic mass is 9.83. The topological polar surface area (TPSA) is 113 Å². The van der Waals surface area contributed by atoms with E-state index in [-0.39, 0.29) is 18.2 Å². The number of para-hydroxylation sites is 2. The second-order valence-electron chi connectivity index (χ2n) is 7.91. The van der Waals surface area contributed by atoms with Gasteiger partial charge >= 0.3 is 5.97 Å². The van der Waals surface area contributed by atoms with Gasteiger partial charge in [0.25, 0.3) is 0 Å². The van der Waals surface area contributed by atoms with Crippen LogP contribution in [0.25, 0.3) is 0 Å². The van der Waals surface area contributed by atoms with E-state index in [1.807, 2.05) is 37.3 Å². The second kappa shape index (κ2) is 9.31. The highest BCUT2D eigenvalue weighted by atomic mass is 16.6. The van der Waals surface area contributed by atoms with Crippen molar-refractivity contribution in [3.8, 4) is 34.8 Å². The van der Waals surface area contributed by atoms with Crippen LogP contribution in [0.3, 0.4) is 0 Å². The SMILES string of the molecule is CCOc1ccc(C2C(C#N)=C(N)Oc3cc(OC(=O)C4COc5ccccc5O4)ccc32)cc1. The number of esters is 1. The van der Waals surface area contributed by atoms with E-state index in [1.165, 1.54) is 0 Å². The maximum atomic E-state index is 12.7. The molecule has 8 nitrogen and oxygen atoms in total. The molecule has 0 saturated heterocycles. The molecule has 35 heavy (non-hydrogen) atoms. The summed E-state index contributed by atoms with van der Waals surface area (Å²) in [5.41, 5.74) is 7.98. The third-order valence-electron chi connectivity index (χ3n) is 5.70. The van der Waals surface area contributed by atoms with Gasteiger partial charge in [0.1, 0.15) is 35.5 Å². The Balaban J connectivity index is 1.39. The van der Waals surface area contributed by atoms with Crippen molar-refractivity contribution < 1.29 is 28.5 Å². The summed E-state index contributed by atoms with van der Waals surface area (Å²) in [5.74, 6) is 1.42. The predicted octanol–water partition coefficient (Wildman–Crippen LogP) is 4.05. The molecule has 176 valence electrons. The fraction of sp³-hybridized carbons (Fsp3) is 0.185. The monoisotopic (exact) mass is 470 g/mol. The van der Waals surface area contributed by atoms with Gasteiger partial charge in [-0.3, -0.25) is 0 Å². The molecular weight excluding hydrogens is 448 g/mol. The van der Waals surface area contributed by atoms with Crippen LogP contribution in [0, 0.1) is 11.3 Å². The molecule has 0 amide bonds. The zero-order valence-electron chi connectivity index (χ0n) is 18.9. The summed E-state index contributed by atoms with van der Waals surface area (Å²) in [6, 6.07) is 21.7. The van der Waals surface area contributed by atoms with Crippen LogP contribution in [0.1, 0.15) is 24.0 Å². The van der Waals surface area contributed by atoms with Crippen molar-refractivity contribution in [2.24, 2.45) is 5.73 Å². The highest BCUT2D eigenvalue weighted by Crippen LogP contribution is 2.43. The average Bonchev–Trinajstić information content (AvgIpc) is 2.88. The summed E-state index contributed by atoms with van der Waals surface area (Å²) >= 11 is 0. The quantitative estimate of drug-likeness (QED) is 0.439. The Morgan fingerprint density at radius 1 is 1.06 bits per heavy atom. The van der Waals surface area contributed by atoms with Crippen LogP contribution in [0.2, 0.25) is 0 Å². The van der Waals surface area contributed by atoms with E-state index in [4.69, 9.17) is 29.4 Å². The molecule has 0 saturated carbocycles. The highest BCUT2D eigenvalue weighted by molar-refractivity contribution is 5.78. The molecule has 5 rings (SSSR count). The van der Waals surface area contributed by atoms with Crippen LogP contribution in [0.15, 0.2) is 78.2 Å². The Morgan fingerprint density at radius 3 is 2.54 bits per heavy atom. The van der Waals surface area contributed by atoms with Crippen LogP contribution < -0.4 is 29.4 Å². The Kier molecular flexibility index (Phi) is 5.90. The number of nitrogens with zero attached hydrogens (tertiary/aromatic N) is 1. The third kappa shape index (κ3) is 4.32. The number of nitrogens with two attached hydrogens (primary N) is 1. The van der Waals surface area contributed by atoms with Crippen molar-refractivity contribution in [2.75, 3.05) is 13.2 Å². The average molecular weight is 470 g/mol. The molecule has 2 N–H and O–H groups in total. The third-order valence-corrected chi connectivity index (χ3v) is 5.70. The van der Waals surface area contributed by atoms with Gasteiger partial charge in [-0.05, 0) is 42.8 Å². The molecule has 2 heterocycles. The van der Waals surface area contributed by atoms with Crippen LogP contribution in [0.4, 0.5) is 0 Å². The molecule has 2 aliphatic heterocycles. The van der Waals surface area contributed by atoms with Crippen molar-refractivity contribution in [2.45, 2.75) is 18.9 Å². The van der Waals surface area contributed by atoms with Crippen molar-refractivity contribution in [1.82, 2.24) is 0 Å². The molecule has 3 aromatic rings. The van der Waals surface area contributed by atoms with E-state index in [0.717, 1.165) is 16.9 Å². The van der Waals surface area contributed by atoms with Gasteiger partial charge in [0.15, 0.2) is 11.5 Å². The first-order valence-electron chi connectivity index (χ1n) is 11.1. The summed E-state index contributed by atoms with van der Waals surface area (Å²) < 4.78 is 28.1. The molecule has 0 fully saturated rings. The van der Waals surface area contributed by atoms with E-state index in [0.29, 0.717) is 29.4 Å². The minimum Gasteiger partial charge on any atom is -0.494 e. The summed E-state index contributed by atoms with van der Waals surface area (Å²) in [7, 11) is 0. The minimum atomic E-state index is -0.909. The molecule has 8 heteroatoms. The van der Waals surface area contributed by atoms with Gasteiger partial charge < -0.3 is 29.4 Å². The van der Waals surface area contributed by atoms with Crippen molar-refractivity contribution in [3.05, 3.63) is 89.3 Å². The molecule has 0 bridgehead atoms. The van der Waals surface area contributed by atoms with E-state index in [9.17, 15) is 10.1 Å². The van der Waals surface area contributed by atoms with Crippen LogP contribution in [-0.4, -0.2) is 25.3 Å². The lowest BCUT2D eigenvalue weighted by Gasteiger charge is -2.27. The van der Waals surface area contributed by atoms with E-state index >= 15 is 0 Å². The first kappa shape index (κ1) is 22.2. The van der Waals surface area contributed by atoms with Gasteiger partial charge in [-0.25, -0.2) is 4.79 Å². The van der Waals surface area contributed by atoms with Gasteiger partial charge in [0.2, 0.25) is 12.0 Å². The number of hydrogen-bond acceptors (Lipinski definition) is 8. The van der Waals surface area contributed by atoms with E-state index in [1.54, 1.807) is 36.4 Å². The van der Waals surface area contributed by atoms with Crippen LogP contribution in [0.5, 0.6) is 28.7 Å². The molecule has 3 aromatic carbocycles. The summed E-state index contributed by atoms with van der Waals surface area (Å²) in [4.78, 5) is 12.7. The van der Waals surface area contributed by atoms with Crippen molar-refractivity contribution in [1.29, 1.82) is 5.26 Å². The number of carbonyl (C=O) groups is 1.